The van der Waals surface area contributed by atoms with Crippen molar-refractivity contribution in [2.75, 3.05) is 0 Å². The van der Waals surface area contributed by atoms with Crippen molar-refractivity contribution in [3.63, 3.8) is 0 Å². The van der Waals surface area contributed by atoms with Gasteiger partial charge in [-0.05, 0) is 42.8 Å². The Morgan fingerprint density at radius 1 is 1.07 bits per heavy atom. The Kier molecular flexibility index (Phi) is 5.76. The molecule has 0 fully saturated rings. The summed E-state index contributed by atoms with van der Waals surface area (Å²) in [6, 6.07) is 13.8. The quantitative estimate of drug-likeness (QED) is 0.662. The Hall–Kier alpha value is -3.49. The van der Waals surface area contributed by atoms with Crippen molar-refractivity contribution in [2.45, 2.75) is 19.8 Å². The SMILES string of the molecule is Cc1cc(C(=O)NCc2cccc(Oc3cccc(OC(F)(F)F)c3)c2)n(C)n1. The lowest BCUT2D eigenvalue weighted by Crippen LogP contribution is -2.25. The van der Waals surface area contributed by atoms with E-state index in [0.29, 0.717) is 11.4 Å². The van der Waals surface area contributed by atoms with Crippen LogP contribution in [0.1, 0.15) is 21.7 Å². The summed E-state index contributed by atoms with van der Waals surface area (Å²) >= 11 is 0. The summed E-state index contributed by atoms with van der Waals surface area (Å²) in [4.78, 5) is 12.3. The molecule has 2 aromatic carbocycles. The van der Waals surface area contributed by atoms with Crippen molar-refractivity contribution in [3.05, 3.63) is 71.5 Å². The van der Waals surface area contributed by atoms with Crippen molar-refractivity contribution >= 4 is 5.91 Å². The van der Waals surface area contributed by atoms with E-state index in [4.69, 9.17) is 4.74 Å². The fourth-order valence-electron chi connectivity index (χ4n) is 2.69. The minimum absolute atomic E-state index is 0.193. The van der Waals surface area contributed by atoms with Gasteiger partial charge in [-0.25, -0.2) is 0 Å². The number of nitrogens with one attached hydrogen (secondary N) is 1. The van der Waals surface area contributed by atoms with Crippen LogP contribution in [0.5, 0.6) is 17.2 Å². The van der Waals surface area contributed by atoms with Crippen molar-refractivity contribution in [1.29, 1.82) is 0 Å². The minimum atomic E-state index is -4.77. The molecule has 1 amide bonds. The summed E-state index contributed by atoms with van der Waals surface area (Å²) in [5.41, 5.74) is 1.94. The number of benzene rings is 2. The summed E-state index contributed by atoms with van der Waals surface area (Å²) in [5, 5.41) is 6.93. The van der Waals surface area contributed by atoms with E-state index >= 15 is 0 Å². The Morgan fingerprint density at radius 2 is 1.72 bits per heavy atom. The van der Waals surface area contributed by atoms with Crippen LogP contribution in [0.3, 0.4) is 0 Å². The maximum absolute atomic E-state index is 12.3. The standard InChI is InChI=1S/C20H18F3N3O3/c1-13-9-18(26(2)25-13)19(27)24-12-14-5-3-6-15(10-14)28-16-7-4-8-17(11-16)29-20(21,22)23/h3-11H,12H2,1-2H3,(H,24,27). The third-order valence-corrected chi connectivity index (χ3v) is 3.86. The number of hydrogen-bond donors (Lipinski definition) is 1. The van der Waals surface area contributed by atoms with E-state index in [1.54, 1.807) is 44.3 Å². The first kappa shape index (κ1) is 20.2. The highest BCUT2D eigenvalue weighted by molar-refractivity contribution is 5.92. The summed E-state index contributed by atoms with van der Waals surface area (Å²) in [6.07, 6.45) is -4.77. The summed E-state index contributed by atoms with van der Waals surface area (Å²) < 4.78 is 48.0. The number of alkyl halides is 3. The molecule has 6 nitrogen and oxygen atoms in total. The average Bonchev–Trinajstić information content (AvgIpc) is 2.97. The fourth-order valence-corrected chi connectivity index (χ4v) is 2.69. The Labute approximate surface area is 164 Å². The van der Waals surface area contributed by atoms with Crippen LogP contribution >= 0.6 is 0 Å². The summed E-state index contributed by atoms with van der Waals surface area (Å²) in [7, 11) is 1.69. The number of carbonyl (C=O) groups excluding carboxylic acids is 1. The van der Waals surface area contributed by atoms with Crippen LogP contribution < -0.4 is 14.8 Å². The van der Waals surface area contributed by atoms with Crippen LogP contribution in [0.25, 0.3) is 0 Å². The highest BCUT2D eigenvalue weighted by Gasteiger charge is 2.31. The van der Waals surface area contributed by atoms with Gasteiger partial charge in [-0.3, -0.25) is 9.48 Å². The van der Waals surface area contributed by atoms with E-state index in [1.165, 1.54) is 22.9 Å². The van der Waals surface area contributed by atoms with Gasteiger partial charge >= 0.3 is 6.36 Å². The number of ether oxygens (including phenoxy) is 2. The van der Waals surface area contributed by atoms with Crippen molar-refractivity contribution in [2.24, 2.45) is 7.05 Å². The molecule has 0 saturated carbocycles. The topological polar surface area (TPSA) is 65.4 Å². The predicted molar refractivity (Wildman–Crippen MR) is 98.8 cm³/mol. The fraction of sp³-hybridized carbons (Fsp3) is 0.200. The maximum atomic E-state index is 12.3. The zero-order chi connectivity index (χ0) is 21.0. The van der Waals surface area contributed by atoms with Gasteiger partial charge in [0.05, 0.1) is 5.69 Å². The number of nitrogens with zero attached hydrogens (tertiary/aromatic N) is 2. The van der Waals surface area contributed by atoms with Crippen molar-refractivity contribution in [1.82, 2.24) is 15.1 Å². The van der Waals surface area contributed by atoms with Crippen LogP contribution in [0.2, 0.25) is 0 Å². The molecule has 0 spiro atoms. The van der Waals surface area contributed by atoms with E-state index in [0.717, 1.165) is 17.3 Å². The largest absolute Gasteiger partial charge is 0.573 e. The normalized spacial score (nSPS) is 11.2. The highest BCUT2D eigenvalue weighted by Crippen LogP contribution is 2.29. The lowest BCUT2D eigenvalue weighted by Gasteiger charge is -2.11. The average molecular weight is 405 g/mol. The molecule has 1 aromatic heterocycles. The van der Waals surface area contributed by atoms with Gasteiger partial charge in [0.15, 0.2) is 0 Å². The number of aromatic nitrogens is 2. The van der Waals surface area contributed by atoms with E-state index in [1.807, 2.05) is 0 Å². The molecule has 3 aromatic rings. The number of halogens is 3. The second kappa shape index (κ2) is 8.26. The van der Waals surface area contributed by atoms with E-state index in [-0.39, 0.29) is 24.0 Å². The number of rotatable bonds is 6. The van der Waals surface area contributed by atoms with Crippen LogP contribution in [-0.4, -0.2) is 22.1 Å². The van der Waals surface area contributed by atoms with Gasteiger partial charge in [-0.15, -0.1) is 13.2 Å². The summed E-state index contributed by atoms with van der Waals surface area (Å²) in [5.74, 6) is -0.0307. The van der Waals surface area contributed by atoms with Crippen LogP contribution in [0, 0.1) is 6.92 Å². The molecule has 0 bridgehead atoms. The number of aryl methyl sites for hydroxylation is 2. The molecule has 152 valence electrons. The molecule has 0 atom stereocenters. The van der Waals surface area contributed by atoms with Gasteiger partial charge in [-0.1, -0.05) is 18.2 Å². The molecule has 1 heterocycles. The van der Waals surface area contributed by atoms with Crippen LogP contribution in [0.4, 0.5) is 13.2 Å². The molecule has 0 aliphatic heterocycles. The molecular weight excluding hydrogens is 387 g/mol. The maximum Gasteiger partial charge on any atom is 0.573 e. The molecule has 29 heavy (non-hydrogen) atoms. The van der Waals surface area contributed by atoms with Gasteiger partial charge in [-0.2, -0.15) is 5.10 Å². The zero-order valence-corrected chi connectivity index (χ0v) is 15.7. The first-order valence-electron chi connectivity index (χ1n) is 8.61. The van der Waals surface area contributed by atoms with E-state index in [2.05, 4.69) is 15.2 Å². The third kappa shape index (κ3) is 5.74. The van der Waals surface area contributed by atoms with Gasteiger partial charge in [0.25, 0.3) is 5.91 Å². The molecule has 3 rings (SSSR count). The molecule has 0 aliphatic carbocycles. The van der Waals surface area contributed by atoms with Crippen LogP contribution in [0.15, 0.2) is 54.6 Å². The van der Waals surface area contributed by atoms with Crippen LogP contribution in [-0.2, 0) is 13.6 Å². The van der Waals surface area contributed by atoms with Gasteiger partial charge in [0, 0.05) is 19.7 Å². The van der Waals surface area contributed by atoms with E-state index < -0.39 is 6.36 Å². The molecule has 9 heteroatoms. The Bertz CT molecular complexity index is 1020. The predicted octanol–water partition coefficient (Wildman–Crippen LogP) is 4.35. The number of amides is 1. The number of hydrogen-bond acceptors (Lipinski definition) is 4. The van der Waals surface area contributed by atoms with Gasteiger partial charge in [0.1, 0.15) is 22.9 Å². The van der Waals surface area contributed by atoms with E-state index in [9.17, 15) is 18.0 Å². The molecular formula is C20H18F3N3O3. The smallest absolute Gasteiger partial charge is 0.457 e. The highest BCUT2D eigenvalue weighted by atomic mass is 19.4. The number of carbonyl (C=O) groups is 1. The van der Waals surface area contributed by atoms with Gasteiger partial charge < -0.3 is 14.8 Å². The molecule has 0 radical (unpaired) electrons. The lowest BCUT2D eigenvalue weighted by molar-refractivity contribution is -0.274. The zero-order valence-electron chi connectivity index (χ0n) is 15.7. The monoisotopic (exact) mass is 405 g/mol. The van der Waals surface area contributed by atoms with Crippen molar-refractivity contribution < 1.29 is 27.4 Å². The lowest BCUT2D eigenvalue weighted by atomic mass is 10.2. The van der Waals surface area contributed by atoms with Crippen molar-refractivity contribution in [3.8, 4) is 17.2 Å². The molecule has 0 saturated heterocycles. The second-order valence-electron chi connectivity index (χ2n) is 6.25. The summed E-state index contributed by atoms with van der Waals surface area (Å²) in [6.45, 7) is 2.05. The third-order valence-electron chi connectivity index (χ3n) is 3.86. The minimum Gasteiger partial charge on any atom is -0.457 e. The molecule has 0 unspecified atom stereocenters. The van der Waals surface area contributed by atoms with Gasteiger partial charge in [0.2, 0.25) is 0 Å². The Morgan fingerprint density at radius 3 is 2.38 bits per heavy atom. The molecule has 1 N–H and O–H groups in total. The first-order valence-corrected chi connectivity index (χ1v) is 8.61. The second-order valence-corrected chi connectivity index (χ2v) is 6.25. The first-order chi connectivity index (χ1) is 13.7. The molecule has 0 aliphatic rings. The Balaban J connectivity index is 1.65.